The standard InChI is InChI=1S/C15H18N2O3/c1-10-5-6-11(8-13(10)18)15-16-14(17-20-15)9-12-4-2-3-7-19-12/h5-6,8,12,18H,2-4,7,9H2,1H3. The first-order chi connectivity index (χ1) is 9.72. The zero-order valence-corrected chi connectivity index (χ0v) is 11.5. The van der Waals surface area contributed by atoms with Crippen LogP contribution in [-0.2, 0) is 11.2 Å². The largest absolute Gasteiger partial charge is 0.508 e. The van der Waals surface area contributed by atoms with Crippen LogP contribution in [0.1, 0.15) is 30.7 Å². The Morgan fingerprint density at radius 3 is 3.00 bits per heavy atom. The van der Waals surface area contributed by atoms with Gasteiger partial charge in [-0.05, 0) is 43.9 Å². The van der Waals surface area contributed by atoms with E-state index in [4.69, 9.17) is 9.26 Å². The Balaban J connectivity index is 1.73. The van der Waals surface area contributed by atoms with Crippen molar-refractivity contribution in [3.8, 4) is 17.2 Å². The van der Waals surface area contributed by atoms with Gasteiger partial charge in [-0.3, -0.25) is 0 Å². The molecule has 3 rings (SSSR count). The normalized spacial score (nSPS) is 19.1. The van der Waals surface area contributed by atoms with Gasteiger partial charge >= 0.3 is 0 Å². The summed E-state index contributed by atoms with van der Waals surface area (Å²) in [6.45, 7) is 2.67. The van der Waals surface area contributed by atoms with Crippen molar-refractivity contribution in [2.75, 3.05) is 6.61 Å². The van der Waals surface area contributed by atoms with Gasteiger partial charge in [0.2, 0.25) is 0 Å². The fourth-order valence-electron chi connectivity index (χ4n) is 2.37. The van der Waals surface area contributed by atoms with Crippen LogP contribution >= 0.6 is 0 Å². The lowest BCUT2D eigenvalue weighted by Gasteiger charge is -2.20. The Kier molecular flexibility index (Phi) is 3.69. The van der Waals surface area contributed by atoms with Crippen LogP contribution in [-0.4, -0.2) is 28.0 Å². The van der Waals surface area contributed by atoms with Crippen LogP contribution in [0.4, 0.5) is 0 Å². The molecule has 1 fully saturated rings. The lowest BCUT2D eigenvalue weighted by atomic mass is 10.1. The van der Waals surface area contributed by atoms with Gasteiger partial charge in [0.1, 0.15) is 5.75 Å². The van der Waals surface area contributed by atoms with E-state index < -0.39 is 0 Å². The molecule has 2 heterocycles. The number of phenolic OH excluding ortho intramolecular Hbond substituents is 1. The summed E-state index contributed by atoms with van der Waals surface area (Å²) in [6.07, 6.45) is 4.26. The number of benzene rings is 1. The van der Waals surface area contributed by atoms with Crippen molar-refractivity contribution in [1.82, 2.24) is 10.1 Å². The third-order valence-electron chi connectivity index (χ3n) is 3.61. The minimum Gasteiger partial charge on any atom is -0.508 e. The average molecular weight is 274 g/mol. The fourth-order valence-corrected chi connectivity index (χ4v) is 2.37. The zero-order valence-electron chi connectivity index (χ0n) is 11.5. The lowest BCUT2D eigenvalue weighted by molar-refractivity contribution is 0.0153. The molecule has 0 spiro atoms. The van der Waals surface area contributed by atoms with E-state index in [0.717, 1.165) is 30.6 Å². The number of aromatic nitrogens is 2. The van der Waals surface area contributed by atoms with Crippen LogP contribution in [0, 0.1) is 6.92 Å². The summed E-state index contributed by atoms with van der Waals surface area (Å²) in [7, 11) is 0. The van der Waals surface area contributed by atoms with Gasteiger partial charge in [0.05, 0.1) is 6.10 Å². The average Bonchev–Trinajstić information content (AvgIpc) is 2.91. The highest BCUT2D eigenvalue weighted by Gasteiger charge is 2.18. The SMILES string of the molecule is Cc1ccc(-c2nc(CC3CCCCO3)no2)cc1O. The molecule has 1 atom stereocenters. The molecule has 1 aliphatic rings. The summed E-state index contributed by atoms with van der Waals surface area (Å²) in [5.41, 5.74) is 1.56. The van der Waals surface area contributed by atoms with Gasteiger partial charge in [-0.2, -0.15) is 4.98 Å². The molecule has 1 N–H and O–H groups in total. The Morgan fingerprint density at radius 1 is 1.35 bits per heavy atom. The van der Waals surface area contributed by atoms with Crippen LogP contribution < -0.4 is 0 Å². The van der Waals surface area contributed by atoms with E-state index in [0.29, 0.717) is 18.1 Å². The molecule has 5 heteroatoms. The molecule has 1 unspecified atom stereocenters. The van der Waals surface area contributed by atoms with E-state index in [1.165, 1.54) is 6.42 Å². The van der Waals surface area contributed by atoms with Crippen molar-refractivity contribution in [3.63, 3.8) is 0 Å². The number of ether oxygens (including phenoxy) is 1. The number of hydrogen-bond donors (Lipinski definition) is 1. The third kappa shape index (κ3) is 2.82. The van der Waals surface area contributed by atoms with E-state index >= 15 is 0 Å². The van der Waals surface area contributed by atoms with Crippen molar-refractivity contribution < 1.29 is 14.4 Å². The lowest BCUT2D eigenvalue weighted by Crippen LogP contribution is -2.21. The number of aromatic hydroxyl groups is 1. The van der Waals surface area contributed by atoms with E-state index in [2.05, 4.69) is 10.1 Å². The number of hydrogen-bond acceptors (Lipinski definition) is 5. The van der Waals surface area contributed by atoms with E-state index in [1.807, 2.05) is 19.1 Å². The number of phenols is 1. The molecule has 1 saturated heterocycles. The first-order valence-electron chi connectivity index (χ1n) is 6.96. The molecule has 20 heavy (non-hydrogen) atoms. The molecule has 0 amide bonds. The van der Waals surface area contributed by atoms with Crippen LogP contribution in [0.15, 0.2) is 22.7 Å². The maximum atomic E-state index is 9.72. The minimum atomic E-state index is 0.195. The van der Waals surface area contributed by atoms with Crippen molar-refractivity contribution in [1.29, 1.82) is 0 Å². The van der Waals surface area contributed by atoms with Crippen molar-refractivity contribution in [2.24, 2.45) is 0 Å². The number of nitrogens with zero attached hydrogens (tertiary/aromatic N) is 2. The van der Waals surface area contributed by atoms with Crippen LogP contribution in [0.3, 0.4) is 0 Å². The summed E-state index contributed by atoms with van der Waals surface area (Å²) >= 11 is 0. The molecule has 0 radical (unpaired) electrons. The maximum absolute atomic E-state index is 9.72. The van der Waals surface area contributed by atoms with Gasteiger partial charge in [-0.15, -0.1) is 0 Å². The molecular weight excluding hydrogens is 256 g/mol. The van der Waals surface area contributed by atoms with Gasteiger partial charge in [0.25, 0.3) is 5.89 Å². The van der Waals surface area contributed by atoms with E-state index in [9.17, 15) is 5.11 Å². The quantitative estimate of drug-likeness (QED) is 0.932. The molecule has 1 aromatic heterocycles. The predicted molar refractivity (Wildman–Crippen MR) is 73.4 cm³/mol. The molecule has 2 aromatic rings. The third-order valence-corrected chi connectivity index (χ3v) is 3.61. The van der Waals surface area contributed by atoms with Crippen LogP contribution in [0.25, 0.3) is 11.5 Å². The molecule has 5 nitrogen and oxygen atoms in total. The smallest absolute Gasteiger partial charge is 0.258 e. The first-order valence-corrected chi connectivity index (χ1v) is 6.96. The van der Waals surface area contributed by atoms with Crippen molar-refractivity contribution in [3.05, 3.63) is 29.6 Å². The predicted octanol–water partition coefficient (Wildman–Crippen LogP) is 2.86. The molecule has 0 aliphatic carbocycles. The highest BCUT2D eigenvalue weighted by molar-refractivity contribution is 5.57. The fraction of sp³-hybridized carbons (Fsp3) is 0.467. The summed E-state index contributed by atoms with van der Waals surface area (Å²) < 4.78 is 10.9. The Labute approximate surface area is 117 Å². The molecule has 0 bridgehead atoms. The Morgan fingerprint density at radius 2 is 2.25 bits per heavy atom. The Hall–Kier alpha value is -1.88. The monoisotopic (exact) mass is 274 g/mol. The van der Waals surface area contributed by atoms with Gasteiger partial charge in [-0.1, -0.05) is 11.2 Å². The van der Waals surface area contributed by atoms with E-state index in [-0.39, 0.29) is 11.9 Å². The van der Waals surface area contributed by atoms with Crippen molar-refractivity contribution >= 4 is 0 Å². The van der Waals surface area contributed by atoms with E-state index in [1.54, 1.807) is 6.07 Å². The second kappa shape index (κ2) is 5.63. The number of aryl methyl sites for hydroxylation is 1. The summed E-state index contributed by atoms with van der Waals surface area (Å²) in [4.78, 5) is 4.38. The van der Waals surface area contributed by atoms with Crippen LogP contribution in [0.5, 0.6) is 5.75 Å². The van der Waals surface area contributed by atoms with Gasteiger partial charge in [-0.25, -0.2) is 0 Å². The van der Waals surface area contributed by atoms with Crippen LogP contribution in [0.2, 0.25) is 0 Å². The summed E-state index contributed by atoms with van der Waals surface area (Å²) in [6, 6.07) is 5.34. The first kappa shape index (κ1) is 13.1. The summed E-state index contributed by atoms with van der Waals surface area (Å²) in [5.74, 6) is 1.33. The second-order valence-corrected chi connectivity index (χ2v) is 5.21. The molecule has 0 saturated carbocycles. The number of rotatable bonds is 3. The highest BCUT2D eigenvalue weighted by Crippen LogP contribution is 2.25. The minimum absolute atomic E-state index is 0.195. The highest BCUT2D eigenvalue weighted by atomic mass is 16.5. The molecule has 1 aromatic carbocycles. The zero-order chi connectivity index (χ0) is 13.9. The van der Waals surface area contributed by atoms with Crippen molar-refractivity contribution in [2.45, 2.75) is 38.7 Å². The Bertz CT molecular complexity index is 589. The summed E-state index contributed by atoms with van der Waals surface area (Å²) in [5, 5.41) is 13.7. The van der Waals surface area contributed by atoms with Gasteiger partial charge in [0.15, 0.2) is 5.82 Å². The topological polar surface area (TPSA) is 68.4 Å². The van der Waals surface area contributed by atoms with Gasteiger partial charge in [0, 0.05) is 18.6 Å². The molecule has 1 aliphatic heterocycles. The maximum Gasteiger partial charge on any atom is 0.258 e. The molecular formula is C15H18N2O3. The second-order valence-electron chi connectivity index (χ2n) is 5.21. The molecule has 106 valence electrons. The van der Waals surface area contributed by atoms with Gasteiger partial charge < -0.3 is 14.4 Å².